The molecule has 0 fully saturated rings. The second-order valence-corrected chi connectivity index (χ2v) is 0. The molecular weight excluding hydrogens is 184 g/mol. The van der Waals surface area contributed by atoms with Gasteiger partial charge in [0.05, 0.1) is 0 Å². The Morgan fingerprint density at radius 3 is 0.500 bits per heavy atom. The van der Waals surface area contributed by atoms with E-state index in [0.29, 0.717) is 0 Å². The molecule has 0 rings (SSSR count). The molecule has 0 aromatic heterocycles. The van der Waals surface area contributed by atoms with E-state index in [-0.39, 0.29) is 74.6 Å². The van der Waals surface area contributed by atoms with Gasteiger partial charge >= 0.3 is 49.4 Å². The van der Waals surface area contributed by atoms with Gasteiger partial charge in [-0.15, -0.1) is 0 Å². The summed E-state index contributed by atoms with van der Waals surface area (Å²) >= 11 is 0. The molecule has 0 heterocycles. The van der Waals surface area contributed by atoms with Crippen LogP contribution in [-0.4, -0.2) is 25.2 Å². The Kier molecular flexibility index (Phi) is 225. The van der Waals surface area contributed by atoms with Gasteiger partial charge in [-0.25, -0.2) is 0 Å². The molecule has 0 amide bonds. The van der Waals surface area contributed by atoms with Crippen molar-refractivity contribution in [1.82, 2.24) is 0 Å². The molecule has 0 saturated carbocycles. The number of rotatable bonds is 0. The van der Waals surface area contributed by atoms with E-state index < -0.39 is 0 Å². The quantitative estimate of drug-likeness (QED) is 0.344. The molecule has 0 aliphatic carbocycles. The standard InChI is InChI=1S/3BH4.Eu/h3*1H4;/q3*-1;+3. The van der Waals surface area contributed by atoms with Crippen LogP contribution in [0.5, 0.6) is 0 Å². The Morgan fingerprint density at radius 2 is 0.500 bits per heavy atom. The predicted molar refractivity (Wildman–Crippen MR) is 34.0 cm³/mol. The van der Waals surface area contributed by atoms with E-state index in [2.05, 4.69) is 0 Å². The summed E-state index contributed by atoms with van der Waals surface area (Å²) in [7, 11) is 0. The maximum Gasteiger partial charge on any atom is 3.00 e. The molecule has 0 atom stereocenters. The van der Waals surface area contributed by atoms with Crippen molar-refractivity contribution in [3.63, 3.8) is 0 Å². The molecule has 28 valence electrons. The molecule has 4 heavy (non-hydrogen) atoms. The summed E-state index contributed by atoms with van der Waals surface area (Å²) in [6.45, 7) is 0. The molecule has 0 N–H and O–H groups in total. The fraction of sp³-hybridized carbons (Fsp3) is 0. The SMILES string of the molecule is [BH4-].[BH4-].[BH4-].[Eu+3]. The van der Waals surface area contributed by atoms with E-state index in [9.17, 15) is 0 Å². The normalized spacial score (nSPS) is 0. The number of hydrogen-bond donors (Lipinski definition) is 0. The molecule has 0 bridgehead atoms. The Hall–Kier alpha value is 1.78. The Labute approximate surface area is 73.4 Å². The molecule has 0 unspecified atom stereocenters. The first kappa shape index (κ1) is 41.7. The summed E-state index contributed by atoms with van der Waals surface area (Å²) < 4.78 is 0. The molecule has 0 saturated heterocycles. The first-order valence-corrected chi connectivity index (χ1v) is 0. The molecule has 0 aliphatic rings. The van der Waals surface area contributed by atoms with Gasteiger partial charge in [0.25, 0.3) is 0 Å². The third-order valence-electron chi connectivity index (χ3n) is 0. The van der Waals surface area contributed by atoms with Gasteiger partial charge in [0.2, 0.25) is 0 Å². The summed E-state index contributed by atoms with van der Waals surface area (Å²) in [5.41, 5.74) is 0. The summed E-state index contributed by atoms with van der Waals surface area (Å²) in [4.78, 5) is 0. The van der Waals surface area contributed by atoms with Crippen molar-refractivity contribution >= 4 is 25.2 Å². The summed E-state index contributed by atoms with van der Waals surface area (Å²) in [6, 6.07) is 0. The Bertz CT molecular complexity index is 3.25. The van der Waals surface area contributed by atoms with Crippen molar-refractivity contribution in [2.24, 2.45) is 0 Å². The van der Waals surface area contributed by atoms with E-state index in [1.807, 2.05) is 0 Å². The molecule has 0 aromatic carbocycles. The van der Waals surface area contributed by atoms with E-state index in [1.165, 1.54) is 0 Å². The maximum atomic E-state index is 0. The Balaban J connectivity index is 0. The van der Waals surface area contributed by atoms with E-state index in [4.69, 9.17) is 0 Å². The molecule has 0 aliphatic heterocycles. The van der Waals surface area contributed by atoms with Crippen LogP contribution in [0.2, 0.25) is 0 Å². The average molecular weight is 196 g/mol. The molecule has 0 aromatic rings. The minimum atomic E-state index is 0. The average Bonchev–Trinajstić information content (AvgIpc) is 0. The van der Waals surface area contributed by atoms with Crippen LogP contribution in [0.1, 0.15) is 0 Å². The van der Waals surface area contributed by atoms with Gasteiger partial charge < -0.3 is 0 Å². The van der Waals surface area contributed by atoms with Gasteiger partial charge in [-0.2, -0.15) is 0 Å². The zero-order valence-corrected chi connectivity index (χ0v) is 2.80. The van der Waals surface area contributed by atoms with Crippen LogP contribution in [-0.2, 0) is 0 Å². The predicted octanol–water partition coefficient (Wildman–Crippen LogP) is -4.35. The van der Waals surface area contributed by atoms with Gasteiger partial charge in [0.1, 0.15) is 0 Å². The summed E-state index contributed by atoms with van der Waals surface area (Å²) in [5.74, 6) is 0. The van der Waals surface area contributed by atoms with Crippen molar-refractivity contribution in [2.45, 2.75) is 0 Å². The van der Waals surface area contributed by atoms with Crippen LogP contribution >= 0.6 is 0 Å². The van der Waals surface area contributed by atoms with E-state index >= 15 is 0 Å². The fourth-order valence-corrected chi connectivity index (χ4v) is 0. The molecule has 0 nitrogen and oxygen atoms in total. The minimum Gasteiger partial charge on any atom is -0.0626 e. The van der Waals surface area contributed by atoms with Crippen molar-refractivity contribution in [3.05, 3.63) is 0 Å². The van der Waals surface area contributed by atoms with Crippen molar-refractivity contribution in [1.29, 1.82) is 0 Å². The molecule has 0 radical (unpaired) electrons. The van der Waals surface area contributed by atoms with Gasteiger partial charge in [-0.3, -0.25) is 0 Å². The molecule has 4 heteroatoms. The van der Waals surface area contributed by atoms with Crippen molar-refractivity contribution in [3.8, 4) is 0 Å². The second kappa shape index (κ2) is 21.6. The van der Waals surface area contributed by atoms with Crippen LogP contribution in [0.4, 0.5) is 0 Å². The van der Waals surface area contributed by atoms with Gasteiger partial charge in [-0.1, -0.05) is 25.2 Å². The maximum absolute atomic E-state index is 0. The zero-order valence-electron chi connectivity index (χ0n) is 0.378. The van der Waals surface area contributed by atoms with Crippen LogP contribution in [0, 0.1) is 49.4 Å². The van der Waals surface area contributed by atoms with Crippen LogP contribution in [0.3, 0.4) is 0 Å². The van der Waals surface area contributed by atoms with Crippen molar-refractivity contribution in [2.75, 3.05) is 0 Å². The largest absolute Gasteiger partial charge is 3.00 e. The Morgan fingerprint density at radius 1 is 0.500 bits per heavy atom. The first-order chi connectivity index (χ1) is 0. The molecular formula is H12B3Eu. The van der Waals surface area contributed by atoms with Gasteiger partial charge in [0.15, 0.2) is 0 Å². The number of hydrogen-bond acceptors (Lipinski definition) is 0. The minimum absolute atomic E-state index is 0. The van der Waals surface area contributed by atoms with Gasteiger partial charge in [0, 0.05) is 0 Å². The third-order valence-corrected chi connectivity index (χ3v) is 0. The summed E-state index contributed by atoms with van der Waals surface area (Å²) in [5, 5.41) is 0. The molecule has 0 spiro atoms. The van der Waals surface area contributed by atoms with Crippen LogP contribution < -0.4 is 0 Å². The van der Waals surface area contributed by atoms with E-state index in [1.54, 1.807) is 0 Å². The first-order valence-electron chi connectivity index (χ1n) is 0. The smallest absolute Gasteiger partial charge is 0.0626 e. The monoisotopic (exact) mass is 198 g/mol. The van der Waals surface area contributed by atoms with Crippen LogP contribution in [0.15, 0.2) is 0 Å². The van der Waals surface area contributed by atoms with E-state index in [0.717, 1.165) is 0 Å². The summed E-state index contributed by atoms with van der Waals surface area (Å²) in [6.07, 6.45) is 0. The zero-order chi connectivity index (χ0) is 0. The van der Waals surface area contributed by atoms with Crippen molar-refractivity contribution < 1.29 is 49.4 Å². The van der Waals surface area contributed by atoms with Gasteiger partial charge in [-0.05, 0) is 0 Å². The second-order valence-electron chi connectivity index (χ2n) is 0. The third kappa shape index (κ3) is 9.22. The fourth-order valence-electron chi connectivity index (χ4n) is 0. The topological polar surface area (TPSA) is 0 Å². The van der Waals surface area contributed by atoms with Crippen LogP contribution in [0.25, 0.3) is 0 Å².